The van der Waals surface area contributed by atoms with E-state index in [1.807, 2.05) is 30.5 Å². The first-order valence-electron chi connectivity index (χ1n) is 9.66. The van der Waals surface area contributed by atoms with E-state index in [0.29, 0.717) is 0 Å². The number of thioether (sulfide) groups is 1. The summed E-state index contributed by atoms with van der Waals surface area (Å²) in [7, 11) is 0. The summed E-state index contributed by atoms with van der Waals surface area (Å²) in [6, 6.07) is 10.3. The van der Waals surface area contributed by atoms with Crippen LogP contribution in [0.25, 0.3) is 11.3 Å². The average molecular weight is 414 g/mol. The van der Waals surface area contributed by atoms with Crippen molar-refractivity contribution >= 4 is 29.3 Å². The number of hydrogen-bond donors (Lipinski definition) is 2. The molecule has 1 unspecified atom stereocenters. The lowest BCUT2D eigenvalue weighted by molar-refractivity contribution is -0.112. The Labute approximate surface area is 178 Å². The molecule has 0 saturated carbocycles. The molecule has 0 spiro atoms. The van der Waals surface area contributed by atoms with E-state index in [9.17, 15) is 4.79 Å². The highest BCUT2D eigenvalue weighted by Gasteiger charge is 2.27. The molecule has 0 radical (unpaired) electrons. The zero-order valence-electron chi connectivity index (χ0n) is 16.1. The van der Waals surface area contributed by atoms with Crippen LogP contribution in [0.3, 0.4) is 0 Å². The lowest BCUT2D eigenvalue weighted by Gasteiger charge is -2.16. The average Bonchev–Trinajstić information content (AvgIpc) is 2.90. The molecule has 0 fully saturated rings. The number of amides is 1. The fourth-order valence-electron chi connectivity index (χ4n) is 3.58. The van der Waals surface area contributed by atoms with Crippen LogP contribution < -0.4 is 11.1 Å². The zero-order chi connectivity index (χ0) is 20.5. The van der Waals surface area contributed by atoms with Gasteiger partial charge in [0.05, 0.1) is 11.4 Å². The van der Waals surface area contributed by atoms with Gasteiger partial charge in [0.25, 0.3) is 5.91 Å². The largest absolute Gasteiger partial charge is 0.368 e. The lowest BCUT2D eigenvalue weighted by Crippen LogP contribution is -2.20. The van der Waals surface area contributed by atoms with Gasteiger partial charge in [0.1, 0.15) is 0 Å². The number of rotatable bonds is 3. The summed E-state index contributed by atoms with van der Waals surface area (Å²) >= 11 is 1.75. The summed E-state index contributed by atoms with van der Waals surface area (Å²) in [6.45, 7) is 0. The number of nitrogens with zero attached hydrogens (tertiary/aromatic N) is 3. The van der Waals surface area contributed by atoms with Crippen molar-refractivity contribution in [2.45, 2.75) is 23.0 Å². The number of fused-ring (bicyclic) bond motifs is 2. The van der Waals surface area contributed by atoms with Crippen LogP contribution in [-0.4, -0.2) is 26.1 Å². The second kappa shape index (κ2) is 7.76. The second-order valence-corrected chi connectivity index (χ2v) is 8.48. The number of anilines is 2. The number of nitrogen functional groups attached to an aromatic ring is 1. The van der Waals surface area contributed by atoms with Crippen molar-refractivity contribution in [1.29, 1.82) is 0 Å². The normalized spacial score (nSPS) is 17.4. The Morgan fingerprint density at radius 2 is 1.90 bits per heavy atom. The smallest absolute Gasteiger partial charge is 0.252 e. The molecule has 7 heteroatoms. The first-order chi connectivity index (χ1) is 14.7. The van der Waals surface area contributed by atoms with E-state index in [0.717, 1.165) is 51.4 Å². The van der Waals surface area contributed by atoms with Crippen LogP contribution in [0.2, 0.25) is 0 Å². The van der Waals surface area contributed by atoms with Gasteiger partial charge in [0.2, 0.25) is 5.95 Å². The Bertz CT molecular complexity index is 1170. The van der Waals surface area contributed by atoms with Crippen molar-refractivity contribution in [2.75, 3.05) is 11.1 Å². The molecule has 1 aromatic carbocycles. The van der Waals surface area contributed by atoms with Crippen molar-refractivity contribution in [3.05, 3.63) is 83.9 Å². The van der Waals surface area contributed by atoms with Gasteiger partial charge in [-0.1, -0.05) is 30.4 Å². The highest BCUT2D eigenvalue weighted by molar-refractivity contribution is 8.00. The quantitative estimate of drug-likeness (QED) is 0.674. The Hall–Kier alpha value is -3.45. The van der Waals surface area contributed by atoms with Crippen LogP contribution in [-0.2, 0) is 11.2 Å². The predicted octanol–water partition coefficient (Wildman–Crippen LogP) is 4.01. The molecule has 5 rings (SSSR count). The summed E-state index contributed by atoms with van der Waals surface area (Å²) in [4.78, 5) is 26.3. The molecule has 0 saturated heterocycles. The Kier molecular flexibility index (Phi) is 4.80. The predicted molar refractivity (Wildman–Crippen MR) is 119 cm³/mol. The molecule has 1 amide bonds. The first kappa shape index (κ1) is 18.6. The van der Waals surface area contributed by atoms with Gasteiger partial charge in [-0.15, -0.1) is 11.8 Å². The monoisotopic (exact) mass is 413 g/mol. The topological polar surface area (TPSA) is 93.8 Å². The van der Waals surface area contributed by atoms with E-state index in [1.54, 1.807) is 24.2 Å². The molecule has 1 aliphatic heterocycles. The highest BCUT2D eigenvalue weighted by atomic mass is 32.2. The number of pyridine rings is 1. The Morgan fingerprint density at radius 3 is 2.70 bits per heavy atom. The molecule has 2 aromatic heterocycles. The van der Waals surface area contributed by atoms with Gasteiger partial charge >= 0.3 is 0 Å². The standard InChI is InChI=1S/C23H19N5OS/c24-23-26-12-16(13-27-23)18-7-5-15(11-25-18)9-14-6-8-21-19(10-14)28-22(29)17-3-1-2-4-20(17)30-21/h1-3,5-8,10-13,20H,4,9H2,(H,28,29)(H2,24,26,27). The van der Waals surface area contributed by atoms with Crippen LogP contribution in [0.5, 0.6) is 0 Å². The van der Waals surface area contributed by atoms with Crippen LogP contribution in [0.1, 0.15) is 17.5 Å². The minimum atomic E-state index is -0.00973. The van der Waals surface area contributed by atoms with Crippen LogP contribution >= 0.6 is 11.8 Å². The summed E-state index contributed by atoms with van der Waals surface area (Å²) in [5.74, 6) is 0.236. The van der Waals surface area contributed by atoms with E-state index in [2.05, 4.69) is 44.5 Å². The van der Waals surface area contributed by atoms with E-state index >= 15 is 0 Å². The van der Waals surface area contributed by atoms with Gasteiger partial charge in [0, 0.05) is 39.9 Å². The fraction of sp³-hybridized carbons (Fsp3) is 0.130. The number of carbonyl (C=O) groups excluding carboxylic acids is 1. The molecule has 6 nitrogen and oxygen atoms in total. The summed E-state index contributed by atoms with van der Waals surface area (Å²) in [5, 5.41) is 3.26. The minimum absolute atomic E-state index is 0.00973. The number of nitrogens with one attached hydrogen (secondary N) is 1. The number of allylic oxidation sites excluding steroid dienone is 3. The SMILES string of the molecule is Nc1ncc(-c2ccc(Cc3ccc4c(c3)NC(=O)C3=CC=CCC3S4)cn2)cn1. The highest BCUT2D eigenvalue weighted by Crippen LogP contribution is 2.40. The van der Waals surface area contributed by atoms with Crippen molar-refractivity contribution in [3.63, 3.8) is 0 Å². The molecule has 30 heavy (non-hydrogen) atoms. The first-order valence-corrected chi connectivity index (χ1v) is 10.5. The minimum Gasteiger partial charge on any atom is -0.368 e. The van der Waals surface area contributed by atoms with Crippen molar-refractivity contribution in [3.8, 4) is 11.3 Å². The van der Waals surface area contributed by atoms with E-state index in [4.69, 9.17) is 5.73 Å². The zero-order valence-corrected chi connectivity index (χ0v) is 16.9. The van der Waals surface area contributed by atoms with Gasteiger partial charge in [0.15, 0.2) is 0 Å². The summed E-state index contributed by atoms with van der Waals surface area (Å²) < 4.78 is 0. The number of carbonyl (C=O) groups is 1. The van der Waals surface area contributed by atoms with Crippen LogP contribution in [0.15, 0.2) is 77.6 Å². The molecule has 3 heterocycles. The number of nitrogens with two attached hydrogens (primary N) is 1. The third kappa shape index (κ3) is 3.71. The number of hydrogen-bond acceptors (Lipinski definition) is 6. The molecule has 148 valence electrons. The number of aromatic nitrogens is 3. The number of benzene rings is 1. The van der Waals surface area contributed by atoms with Crippen LogP contribution in [0.4, 0.5) is 11.6 Å². The molecular formula is C23H19N5OS. The third-order valence-corrected chi connectivity index (χ3v) is 6.47. The van der Waals surface area contributed by atoms with Crippen molar-refractivity contribution in [1.82, 2.24) is 15.0 Å². The van der Waals surface area contributed by atoms with Gasteiger partial charge in [-0.25, -0.2) is 9.97 Å². The third-order valence-electron chi connectivity index (χ3n) is 5.13. The summed E-state index contributed by atoms with van der Waals surface area (Å²) in [6.07, 6.45) is 12.8. The molecule has 0 bridgehead atoms. The Balaban J connectivity index is 1.35. The van der Waals surface area contributed by atoms with Crippen molar-refractivity contribution < 1.29 is 4.79 Å². The van der Waals surface area contributed by atoms with Gasteiger partial charge < -0.3 is 11.1 Å². The maximum Gasteiger partial charge on any atom is 0.252 e. The van der Waals surface area contributed by atoms with Gasteiger partial charge in [-0.3, -0.25) is 9.78 Å². The van der Waals surface area contributed by atoms with Gasteiger partial charge in [-0.2, -0.15) is 0 Å². The molecule has 2 aliphatic rings. The van der Waals surface area contributed by atoms with Crippen LogP contribution in [0, 0.1) is 0 Å². The van der Waals surface area contributed by atoms with E-state index < -0.39 is 0 Å². The van der Waals surface area contributed by atoms with E-state index in [1.165, 1.54) is 0 Å². The molecule has 1 atom stereocenters. The Morgan fingerprint density at radius 1 is 1.07 bits per heavy atom. The molecule has 3 aromatic rings. The molecular weight excluding hydrogens is 394 g/mol. The fourth-order valence-corrected chi connectivity index (χ4v) is 4.79. The second-order valence-electron chi connectivity index (χ2n) is 7.24. The maximum absolute atomic E-state index is 12.6. The maximum atomic E-state index is 12.6. The van der Waals surface area contributed by atoms with Crippen molar-refractivity contribution in [2.24, 2.45) is 0 Å². The molecule has 1 aliphatic carbocycles. The lowest BCUT2D eigenvalue weighted by atomic mass is 10.0. The van der Waals surface area contributed by atoms with E-state index in [-0.39, 0.29) is 17.1 Å². The molecule has 3 N–H and O–H groups in total. The van der Waals surface area contributed by atoms with Gasteiger partial charge in [-0.05, 0) is 42.2 Å². The summed E-state index contributed by atoms with van der Waals surface area (Å²) in [5.41, 5.74) is 11.1.